The normalized spacial score (nSPS) is 16.4. The van der Waals surface area contributed by atoms with E-state index < -0.39 is 0 Å². The topological polar surface area (TPSA) is 63.4 Å². The molecule has 0 amide bonds. The molecule has 4 rings (SSSR count). The molecule has 2 heterocycles. The van der Waals surface area contributed by atoms with Crippen LogP contribution in [0.3, 0.4) is 0 Å². The van der Waals surface area contributed by atoms with Gasteiger partial charge < -0.3 is 19.5 Å². The van der Waals surface area contributed by atoms with Gasteiger partial charge in [0.25, 0.3) is 5.89 Å². The molecule has 1 aromatic heterocycles. The van der Waals surface area contributed by atoms with Crippen LogP contribution < -0.4 is 10.1 Å². The van der Waals surface area contributed by atoms with Crippen LogP contribution >= 0.6 is 12.2 Å². The van der Waals surface area contributed by atoms with Gasteiger partial charge in [0.15, 0.2) is 5.11 Å². The monoisotopic (exact) mass is 466 g/mol. The van der Waals surface area contributed by atoms with E-state index in [1.54, 1.807) is 12.1 Å². The number of aromatic nitrogens is 2. The Hall–Kier alpha value is -3.26. The highest BCUT2D eigenvalue weighted by atomic mass is 32.1. The first-order chi connectivity index (χ1) is 15.9. The Bertz CT molecular complexity index is 1160. The van der Waals surface area contributed by atoms with Gasteiger partial charge in [0.2, 0.25) is 5.82 Å². The van der Waals surface area contributed by atoms with Gasteiger partial charge in [0.05, 0.1) is 18.2 Å². The molecule has 3 aromatic rings. The van der Waals surface area contributed by atoms with Crippen molar-refractivity contribution in [1.29, 1.82) is 0 Å². The van der Waals surface area contributed by atoms with Gasteiger partial charge in [-0.1, -0.05) is 31.1 Å². The summed E-state index contributed by atoms with van der Waals surface area (Å²) < 4.78 is 24.8. The number of hydrogen-bond acceptors (Lipinski definition) is 5. The van der Waals surface area contributed by atoms with E-state index in [-0.39, 0.29) is 11.9 Å². The van der Waals surface area contributed by atoms with Crippen LogP contribution in [0.4, 0.5) is 4.39 Å². The minimum atomic E-state index is -0.338. The van der Waals surface area contributed by atoms with Gasteiger partial charge in [-0.2, -0.15) is 4.98 Å². The minimum absolute atomic E-state index is 0.295. The third-order valence-electron chi connectivity index (χ3n) is 5.43. The summed E-state index contributed by atoms with van der Waals surface area (Å²) in [7, 11) is 0. The van der Waals surface area contributed by atoms with E-state index in [2.05, 4.69) is 29.2 Å². The molecule has 1 aliphatic heterocycles. The highest BCUT2D eigenvalue weighted by Crippen LogP contribution is 2.37. The fourth-order valence-electron chi connectivity index (χ4n) is 3.87. The van der Waals surface area contributed by atoms with E-state index in [1.807, 2.05) is 38.1 Å². The Kier molecular flexibility index (Phi) is 6.74. The maximum absolute atomic E-state index is 13.6. The van der Waals surface area contributed by atoms with Gasteiger partial charge in [0.1, 0.15) is 11.6 Å². The number of ether oxygens (including phenoxy) is 1. The number of nitrogens with one attached hydrogen (secondary N) is 1. The summed E-state index contributed by atoms with van der Waals surface area (Å²) in [6, 6.07) is 13.6. The predicted molar refractivity (Wildman–Crippen MR) is 130 cm³/mol. The third-order valence-corrected chi connectivity index (χ3v) is 5.77. The van der Waals surface area contributed by atoms with Crippen molar-refractivity contribution in [3.63, 3.8) is 0 Å². The first kappa shape index (κ1) is 22.9. The maximum atomic E-state index is 13.6. The zero-order valence-corrected chi connectivity index (χ0v) is 19.9. The summed E-state index contributed by atoms with van der Waals surface area (Å²) in [4.78, 5) is 6.75. The Balaban J connectivity index is 1.75. The smallest absolute Gasteiger partial charge is 0.258 e. The first-order valence-corrected chi connectivity index (χ1v) is 11.4. The Morgan fingerprint density at radius 1 is 1.15 bits per heavy atom. The van der Waals surface area contributed by atoms with Crippen molar-refractivity contribution in [1.82, 2.24) is 20.4 Å². The second kappa shape index (κ2) is 9.70. The second-order valence-electron chi connectivity index (χ2n) is 8.32. The molecule has 1 N–H and O–H groups in total. The second-order valence-corrected chi connectivity index (χ2v) is 8.70. The van der Waals surface area contributed by atoms with E-state index in [9.17, 15) is 4.39 Å². The van der Waals surface area contributed by atoms with Gasteiger partial charge >= 0.3 is 0 Å². The summed E-state index contributed by atoms with van der Waals surface area (Å²) in [5.41, 5.74) is 3.44. The molecule has 1 aliphatic rings. The van der Waals surface area contributed by atoms with Gasteiger partial charge in [-0.3, -0.25) is 0 Å². The molecule has 0 bridgehead atoms. The van der Waals surface area contributed by atoms with E-state index in [4.69, 9.17) is 26.5 Å². The quantitative estimate of drug-likeness (QED) is 0.455. The van der Waals surface area contributed by atoms with Crippen LogP contribution in [0.25, 0.3) is 17.0 Å². The summed E-state index contributed by atoms with van der Waals surface area (Å²) >= 11 is 5.67. The van der Waals surface area contributed by atoms with Crippen LogP contribution in [-0.2, 0) is 0 Å². The van der Waals surface area contributed by atoms with E-state index in [0.29, 0.717) is 29.4 Å². The standard InChI is InChI=1S/C25H27FN4O2S/c1-5-31-20-12-8-18(9-13-20)23-28-24(32-29-23)21-16(4)30(14-15(2)3)25(33)27-22(21)17-6-10-19(26)11-7-17/h6-13,15,22H,5,14H2,1-4H3,(H,27,33). The summed E-state index contributed by atoms with van der Waals surface area (Å²) in [5, 5.41) is 8.22. The molecule has 0 aliphatic carbocycles. The molecule has 1 unspecified atom stereocenters. The van der Waals surface area contributed by atoms with E-state index >= 15 is 0 Å². The van der Waals surface area contributed by atoms with Crippen molar-refractivity contribution in [2.75, 3.05) is 13.2 Å². The Morgan fingerprint density at radius 3 is 2.48 bits per heavy atom. The van der Waals surface area contributed by atoms with Crippen molar-refractivity contribution in [2.45, 2.75) is 33.7 Å². The first-order valence-electron chi connectivity index (χ1n) is 11.0. The number of nitrogens with zero attached hydrogens (tertiary/aromatic N) is 3. The molecular weight excluding hydrogens is 439 g/mol. The van der Waals surface area contributed by atoms with Gasteiger partial charge in [0, 0.05) is 17.8 Å². The number of thiocarbonyl (C=S) groups is 1. The molecule has 0 fully saturated rings. The van der Waals surface area contributed by atoms with Gasteiger partial charge in [-0.25, -0.2) is 4.39 Å². The van der Waals surface area contributed by atoms with Crippen LogP contribution in [0.5, 0.6) is 5.75 Å². The number of benzene rings is 2. The fourth-order valence-corrected chi connectivity index (χ4v) is 4.19. The lowest BCUT2D eigenvalue weighted by Crippen LogP contribution is -2.47. The van der Waals surface area contributed by atoms with Crippen LogP contribution in [-0.4, -0.2) is 33.3 Å². The van der Waals surface area contributed by atoms with Crippen LogP contribution in [0.2, 0.25) is 0 Å². The van der Waals surface area contributed by atoms with Gasteiger partial charge in [-0.15, -0.1) is 0 Å². The van der Waals surface area contributed by atoms with Crippen LogP contribution in [0, 0.1) is 11.7 Å². The number of allylic oxidation sites excluding steroid dienone is 1. The molecule has 8 heteroatoms. The van der Waals surface area contributed by atoms with E-state index in [1.165, 1.54) is 12.1 Å². The van der Waals surface area contributed by atoms with Gasteiger partial charge in [-0.05, 0) is 73.9 Å². The minimum Gasteiger partial charge on any atom is -0.494 e. The lowest BCUT2D eigenvalue weighted by atomic mass is 9.94. The largest absolute Gasteiger partial charge is 0.494 e. The Morgan fingerprint density at radius 2 is 1.85 bits per heavy atom. The lowest BCUT2D eigenvalue weighted by molar-refractivity contribution is 0.340. The van der Waals surface area contributed by atoms with Crippen molar-refractivity contribution >= 4 is 22.9 Å². The molecule has 0 saturated heterocycles. The summed E-state index contributed by atoms with van der Waals surface area (Å²) in [6.45, 7) is 9.57. The predicted octanol–water partition coefficient (Wildman–Crippen LogP) is 5.59. The molecular formula is C25H27FN4O2S. The zero-order chi connectivity index (χ0) is 23.5. The summed E-state index contributed by atoms with van der Waals surface area (Å²) in [6.07, 6.45) is 0. The average Bonchev–Trinajstić information content (AvgIpc) is 3.27. The number of hydrogen-bond donors (Lipinski definition) is 1. The molecule has 172 valence electrons. The number of rotatable bonds is 7. The highest BCUT2D eigenvalue weighted by molar-refractivity contribution is 7.80. The Labute approximate surface area is 198 Å². The van der Waals surface area contributed by atoms with Crippen molar-refractivity contribution in [3.8, 4) is 17.1 Å². The molecule has 33 heavy (non-hydrogen) atoms. The fraction of sp³-hybridized carbons (Fsp3) is 0.320. The molecule has 0 saturated carbocycles. The number of halogens is 1. The van der Waals surface area contributed by atoms with Crippen LogP contribution in [0.1, 0.15) is 45.2 Å². The molecule has 0 spiro atoms. The molecule has 2 aromatic carbocycles. The van der Waals surface area contributed by atoms with Crippen molar-refractivity contribution in [3.05, 3.63) is 71.5 Å². The van der Waals surface area contributed by atoms with Crippen LogP contribution in [0.15, 0.2) is 58.8 Å². The molecule has 0 radical (unpaired) electrons. The third kappa shape index (κ3) is 4.90. The average molecular weight is 467 g/mol. The maximum Gasteiger partial charge on any atom is 0.258 e. The zero-order valence-electron chi connectivity index (χ0n) is 19.1. The summed E-state index contributed by atoms with van der Waals surface area (Å²) in [5.74, 6) is 1.76. The lowest BCUT2D eigenvalue weighted by Gasteiger charge is -2.38. The molecule has 6 nitrogen and oxygen atoms in total. The molecule has 1 atom stereocenters. The SMILES string of the molecule is CCOc1ccc(-c2noc(C3=C(C)N(CC(C)C)C(=S)NC3c3ccc(F)cc3)n2)cc1. The highest BCUT2D eigenvalue weighted by Gasteiger charge is 2.34. The van der Waals surface area contributed by atoms with Crippen molar-refractivity contribution < 1.29 is 13.7 Å². The van der Waals surface area contributed by atoms with Crippen molar-refractivity contribution in [2.24, 2.45) is 5.92 Å². The van der Waals surface area contributed by atoms with E-state index in [0.717, 1.165) is 34.7 Å².